The van der Waals surface area contributed by atoms with E-state index in [1.807, 2.05) is 0 Å². The molecular weight excluding hydrogens is 256 g/mol. The highest BCUT2D eigenvalue weighted by atomic mass is 16.4. The molecular formula is C15H18N2O3. The van der Waals surface area contributed by atoms with Crippen molar-refractivity contribution in [1.29, 1.82) is 0 Å². The smallest absolute Gasteiger partial charge is 0.356 e. The lowest BCUT2D eigenvalue weighted by molar-refractivity contribution is -0.0357. The van der Waals surface area contributed by atoms with Gasteiger partial charge in [-0.1, -0.05) is 0 Å². The minimum Gasteiger partial charge on any atom is -0.476 e. The molecule has 1 aromatic heterocycles. The van der Waals surface area contributed by atoms with Crippen LogP contribution >= 0.6 is 0 Å². The molecule has 0 radical (unpaired) electrons. The van der Waals surface area contributed by atoms with Crippen molar-refractivity contribution in [2.75, 3.05) is 0 Å². The van der Waals surface area contributed by atoms with E-state index in [2.05, 4.69) is 5.10 Å². The average molecular weight is 274 g/mol. The molecule has 4 aliphatic rings. The number of carboxylic acid groups (broad SMARTS) is 1. The molecule has 0 saturated heterocycles. The van der Waals surface area contributed by atoms with Crippen LogP contribution in [0.2, 0.25) is 0 Å². The van der Waals surface area contributed by atoms with Crippen LogP contribution in [0.3, 0.4) is 0 Å². The van der Waals surface area contributed by atoms with E-state index in [-0.39, 0.29) is 17.3 Å². The average Bonchev–Trinajstić information content (AvgIpc) is 2.39. The molecule has 5 nitrogen and oxygen atoms in total. The van der Waals surface area contributed by atoms with Crippen molar-refractivity contribution in [3.8, 4) is 0 Å². The highest BCUT2D eigenvalue weighted by Gasteiger charge is 2.49. The molecule has 5 rings (SSSR count). The van der Waals surface area contributed by atoms with Gasteiger partial charge in [-0.3, -0.25) is 4.79 Å². The second kappa shape index (κ2) is 4.17. The third kappa shape index (κ3) is 1.72. The number of hydrogen-bond donors (Lipinski definition) is 1. The van der Waals surface area contributed by atoms with E-state index in [9.17, 15) is 9.59 Å². The van der Waals surface area contributed by atoms with Gasteiger partial charge in [0.05, 0.1) is 6.04 Å². The largest absolute Gasteiger partial charge is 0.476 e. The Morgan fingerprint density at radius 2 is 1.70 bits per heavy atom. The molecule has 0 amide bonds. The molecule has 0 aliphatic heterocycles. The molecule has 106 valence electrons. The summed E-state index contributed by atoms with van der Waals surface area (Å²) in [5, 5.41) is 13.2. The van der Waals surface area contributed by atoms with Crippen LogP contribution in [0.5, 0.6) is 0 Å². The van der Waals surface area contributed by atoms with Crippen LogP contribution in [0.15, 0.2) is 16.9 Å². The zero-order chi connectivity index (χ0) is 13.9. The third-order valence-electron chi connectivity index (χ3n) is 5.50. The Labute approximate surface area is 116 Å². The Balaban J connectivity index is 1.76. The predicted octanol–water partition coefficient (Wildman–Crippen LogP) is 1.94. The maximum atomic E-state index is 12.1. The topological polar surface area (TPSA) is 72.2 Å². The minimum absolute atomic E-state index is 0.0293. The summed E-state index contributed by atoms with van der Waals surface area (Å²) in [5.41, 5.74) is -0.189. The fraction of sp³-hybridized carbons (Fsp3) is 0.667. The van der Waals surface area contributed by atoms with Gasteiger partial charge in [0.2, 0.25) is 0 Å². The fourth-order valence-corrected chi connectivity index (χ4v) is 5.05. The van der Waals surface area contributed by atoms with E-state index in [1.54, 1.807) is 0 Å². The second-order valence-corrected chi connectivity index (χ2v) is 6.73. The summed E-state index contributed by atoms with van der Waals surface area (Å²) in [7, 11) is 0. The summed E-state index contributed by atoms with van der Waals surface area (Å²) in [5.74, 6) is 1.61. The van der Waals surface area contributed by atoms with Gasteiger partial charge in [0.15, 0.2) is 5.69 Å². The first-order valence-corrected chi connectivity index (χ1v) is 7.45. The lowest BCUT2D eigenvalue weighted by Crippen LogP contribution is -2.48. The van der Waals surface area contributed by atoms with Crippen LogP contribution in [-0.2, 0) is 0 Å². The standard InChI is InChI=1S/C15H18N2O3/c18-13-2-1-12(15(19)20)16-17(13)14-10-4-8-3-9(6-10)7-11(14)5-8/h1-2,8-11,14H,3-7H2,(H,19,20). The Morgan fingerprint density at radius 3 is 2.25 bits per heavy atom. The van der Waals surface area contributed by atoms with Gasteiger partial charge in [0.1, 0.15) is 0 Å². The van der Waals surface area contributed by atoms with Crippen LogP contribution in [-0.4, -0.2) is 20.9 Å². The van der Waals surface area contributed by atoms with Gasteiger partial charge >= 0.3 is 5.97 Å². The quantitative estimate of drug-likeness (QED) is 0.894. The van der Waals surface area contributed by atoms with E-state index in [4.69, 9.17) is 5.11 Å². The molecule has 20 heavy (non-hydrogen) atoms. The molecule has 4 aliphatic carbocycles. The molecule has 4 saturated carbocycles. The maximum absolute atomic E-state index is 12.1. The Hall–Kier alpha value is -1.65. The molecule has 0 aromatic carbocycles. The van der Waals surface area contributed by atoms with Gasteiger partial charge in [0, 0.05) is 6.07 Å². The molecule has 0 spiro atoms. The van der Waals surface area contributed by atoms with E-state index in [0.717, 1.165) is 11.8 Å². The van der Waals surface area contributed by atoms with E-state index in [0.29, 0.717) is 11.8 Å². The monoisotopic (exact) mass is 274 g/mol. The molecule has 1 heterocycles. The first-order chi connectivity index (χ1) is 9.61. The van der Waals surface area contributed by atoms with Gasteiger partial charge in [-0.2, -0.15) is 5.10 Å². The van der Waals surface area contributed by atoms with Gasteiger partial charge in [-0.05, 0) is 61.8 Å². The number of aromatic carboxylic acids is 1. The van der Waals surface area contributed by atoms with Crippen molar-refractivity contribution in [1.82, 2.24) is 9.78 Å². The lowest BCUT2D eigenvalue weighted by Gasteiger charge is -2.54. The molecule has 4 bridgehead atoms. The van der Waals surface area contributed by atoms with E-state index >= 15 is 0 Å². The number of hydrogen-bond acceptors (Lipinski definition) is 3. The van der Waals surface area contributed by atoms with Crippen molar-refractivity contribution in [2.24, 2.45) is 23.7 Å². The summed E-state index contributed by atoms with van der Waals surface area (Å²) >= 11 is 0. The molecule has 1 aromatic rings. The summed E-state index contributed by atoms with van der Waals surface area (Å²) in [6.07, 6.45) is 6.09. The second-order valence-electron chi connectivity index (χ2n) is 6.73. The molecule has 0 unspecified atom stereocenters. The Morgan fingerprint density at radius 1 is 1.10 bits per heavy atom. The van der Waals surface area contributed by atoms with Crippen LogP contribution in [0.1, 0.15) is 48.6 Å². The SMILES string of the molecule is O=C(O)c1ccc(=O)n(C2C3CC4CC(C3)CC2C4)n1. The van der Waals surface area contributed by atoms with E-state index < -0.39 is 5.97 Å². The molecule has 1 N–H and O–H groups in total. The number of carbonyl (C=O) groups is 1. The molecule has 0 atom stereocenters. The van der Waals surface area contributed by atoms with Crippen molar-refractivity contribution >= 4 is 5.97 Å². The summed E-state index contributed by atoms with van der Waals surface area (Å²) < 4.78 is 1.48. The van der Waals surface area contributed by atoms with Crippen molar-refractivity contribution in [3.05, 3.63) is 28.2 Å². The lowest BCUT2D eigenvalue weighted by atomic mass is 9.54. The number of aromatic nitrogens is 2. The van der Waals surface area contributed by atoms with Crippen molar-refractivity contribution in [2.45, 2.75) is 38.1 Å². The highest BCUT2D eigenvalue weighted by molar-refractivity contribution is 5.84. The maximum Gasteiger partial charge on any atom is 0.356 e. The first-order valence-electron chi connectivity index (χ1n) is 7.45. The van der Waals surface area contributed by atoms with Crippen LogP contribution in [0.25, 0.3) is 0 Å². The molecule has 5 heteroatoms. The Bertz CT molecular complexity index is 594. The van der Waals surface area contributed by atoms with Crippen molar-refractivity contribution < 1.29 is 9.90 Å². The number of rotatable bonds is 2. The number of carboxylic acids is 1. The van der Waals surface area contributed by atoms with E-state index in [1.165, 1.54) is 48.9 Å². The van der Waals surface area contributed by atoms with Gasteiger partial charge < -0.3 is 5.11 Å². The van der Waals surface area contributed by atoms with Crippen LogP contribution in [0, 0.1) is 23.7 Å². The first kappa shape index (κ1) is 12.1. The normalized spacial score (nSPS) is 38.1. The Kier molecular flexibility index (Phi) is 2.53. The van der Waals surface area contributed by atoms with Gasteiger partial charge in [-0.25, -0.2) is 9.48 Å². The van der Waals surface area contributed by atoms with Crippen LogP contribution < -0.4 is 5.56 Å². The summed E-state index contributed by atoms with van der Waals surface area (Å²) in [6.45, 7) is 0. The van der Waals surface area contributed by atoms with Gasteiger partial charge in [0.25, 0.3) is 5.56 Å². The molecule has 4 fully saturated rings. The summed E-state index contributed by atoms with van der Waals surface area (Å²) in [4.78, 5) is 23.2. The zero-order valence-corrected chi connectivity index (χ0v) is 11.2. The van der Waals surface area contributed by atoms with Crippen LogP contribution in [0.4, 0.5) is 0 Å². The predicted molar refractivity (Wildman–Crippen MR) is 71.5 cm³/mol. The summed E-state index contributed by atoms with van der Waals surface area (Å²) in [6, 6.07) is 2.77. The van der Waals surface area contributed by atoms with Crippen molar-refractivity contribution in [3.63, 3.8) is 0 Å². The highest BCUT2D eigenvalue weighted by Crippen LogP contribution is 2.57. The number of nitrogens with zero attached hydrogens (tertiary/aromatic N) is 2. The van der Waals surface area contributed by atoms with Gasteiger partial charge in [-0.15, -0.1) is 0 Å². The third-order valence-corrected chi connectivity index (χ3v) is 5.50. The zero-order valence-electron chi connectivity index (χ0n) is 11.2. The fourth-order valence-electron chi connectivity index (χ4n) is 5.05. The minimum atomic E-state index is -1.07.